The molecule has 0 unspecified atom stereocenters. The van der Waals surface area contributed by atoms with Crippen LogP contribution in [0.2, 0.25) is 0 Å². The minimum Gasteiger partial charge on any atom is -0.456 e. The van der Waals surface area contributed by atoms with Gasteiger partial charge in [-0.3, -0.25) is 4.79 Å². The van der Waals surface area contributed by atoms with Crippen molar-refractivity contribution in [2.24, 2.45) is 0 Å². The van der Waals surface area contributed by atoms with Gasteiger partial charge < -0.3 is 14.4 Å². The van der Waals surface area contributed by atoms with Crippen molar-refractivity contribution in [3.05, 3.63) is 23.7 Å². The van der Waals surface area contributed by atoms with Crippen LogP contribution in [0.4, 0.5) is 0 Å². The lowest BCUT2D eigenvalue weighted by molar-refractivity contribution is -0.0834. The van der Waals surface area contributed by atoms with Gasteiger partial charge in [0.05, 0.1) is 18.7 Å². The molecule has 1 aliphatic rings. The molecule has 0 aromatic carbocycles. The highest BCUT2D eigenvalue weighted by atomic mass is 16.4. The molecule has 1 aliphatic heterocycles. The molecule has 0 bridgehead atoms. The van der Waals surface area contributed by atoms with E-state index in [9.17, 15) is 9.90 Å². The standard InChI is InChI=1S/C11H15NO3/c1-3-11(14)6-12(7-11)10(13)9-5-4-8(2)15-9/h4-5,14H,3,6-7H2,1-2H3. The molecule has 1 aromatic heterocycles. The first-order valence-electron chi connectivity index (χ1n) is 5.12. The Hall–Kier alpha value is -1.29. The van der Waals surface area contributed by atoms with Gasteiger partial charge in [0.25, 0.3) is 5.91 Å². The Morgan fingerprint density at radius 1 is 1.60 bits per heavy atom. The molecule has 2 heterocycles. The van der Waals surface area contributed by atoms with E-state index in [4.69, 9.17) is 4.42 Å². The van der Waals surface area contributed by atoms with Crippen LogP contribution >= 0.6 is 0 Å². The summed E-state index contributed by atoms with van der Waals surface area (Å²) in [6.07, 6.45) is 0.675. The van der Waals surface area contributed by atoms with E-state index in [1.807, 2.05) is 6.92 Å². The van der Waals surface area contributed by atoms with Gasteiger partial charge in [0.1, 0.15) is 5.76 Å². The number of likely N-dealkylation sites (tertiary alicyclic amines) is 1. The molecule has 0 aliphatic carbocycles. The maximum Gasteiger partial charge on any atom is 0.289 e. The molecule has 1 aromatic rings. The molecular formula is C11H15NO3. The SMILES string of the molecule is CCC1(O)CN(C(=O)c2ccc(C)o2)C1. The number of carbonyl (C=O) groups excluding carboxylic acids is 1. The van der Waals surface area contributed by atoms with Gasteiger partial charge in [0, 0.05) is 0 Å². The number of aliphatic hydroxyl groups is 1. The van der Waals surface area contributed by atoms with Crippen LogP contribution in [0.3, 0.4) is 0 Å². The number of hydrogen-bond acceptors (Lipinski definition) is 3. The van der Waals surface area contributed by atoms with E-state index in [0.29, 0.717) is 25.3 Å². The lowest BCUT2D eigenvalue weighted by Gasteiger charge is -2.45. The van der Waals surface area contributed by atoms with Crippen molar-refractivity contribution < 1.29 is 14.3 Å². The first-order chi connectivity index (χ1) is 7.04. The van der Waals surface area contributed by atoms with Crippen molar-refractivity contribution >= 4 is 5.91 Å². The Morgan fingerprint density at radius 2 is 2.27 bits per heavy atom. The topological polar surface area (TPSA) is 53.7 Å². The summed E-state index contributed by atoms with van der Waals surface area (Å²) in [5.41, 5.74) is -0.683. The Balaban J connectivity index is 2.00. The van der Waals surface area contributed by atoms with Crippen LogP contribution in [0.25, 0.3) is 0 Å². The maximum atomic E-state index is 11.8. The molecule has 0 atom stereocenters. The molecule has 1 amide bonds. The quantitative estimate of drug-likeness (QED) is 0.795. The number of furan rings is 1. The molecule has 0 spiro atoms. The average molecular weight is 209 g/mol. The number of nitrogens with zero attached hydrogens (tertiary/aromatic N) is 1. The molecule has 1 saturated heterocycles. The first kappa shape index (κ1) is 10.2. The van der Waals surface area contributed by atoms with Crippen LogP contribution in [-0.4, -0.2) is 34.6 Å². The van der Waals surface area contributed by atoms with Gasteiger partial charge in [-0.1, -0.05) is 6.92 Å². The number of aryl methyl sites for hydroxylation is 1. The van der Waals surface area contributed by atoms with Crippen molar-refractivity contribution in [3.8, 4) is 0 Å². The lowest BCUT2D eigenvalue weighted by atomic mass is 9.91. The Kier molecular flexibility index (Phi) is 2.31. The van der Waals surface area contributed by atoms with Crippen molar-refractivity contribution in [2.45, 2.75) is 25.9 Å². The minimum absolute atomic E-state index is 0.138. The molecule has 2 rings (SSSR count). The number of β-amino-alcohol motifs (C(OH)–C–C–N with tert-alkyl or cyclic N) is 1. The van der Waals surface area contributed by atoms with Crippen molar-refractivity contribution in [1.82, 2.24) is 4.90 Å². The van der Waals surface area contributed by atoms with E-state index in [2.05, 4.69) is 0 Å². The smallest absolute Gasteiger partial charge is 0.289 e. The molecule has 0 radical (unpaired) electrons. The summed E-state index contributed by atoms with van der Waals surface area (Å²) in [6, 6.07) is 3.43. The third-order valence-corrected chi connectivity index (χ3v) is 2.87. The summed E-state index contributed by atoms with van der Waals surface area (Å²) >= 11 is 0. The Bertz CT molecular complexity index is 377. The Labute approximate surface area is 88.5 Å². The maximum absolute atomic E-state index is 11.8. The van der Waals surface area contributed by atoms with E-state index in [1.165, 1.54) is 0 Å². The van der Waals surface area contributed by atoms with Crippen LogP contribution in [0, 0.1) is 6.92 Å². The third-order valence-electron chi connectivity index (χ3n) is 2.87. The highest BCUT2D eigenvalue weighted by Gasteiger charge is 2.42. The first-order valence-corrected chi connectivity index (χ1v) is 5.12. The van der Waals surface area contributed by atoms with Gasteiger partial charge in [-0.15, -0.1) is 0 Å². The van der Waals surface area contributed by atoms with Crippen LogP contribution in [0.5, 0.6) is 0 Å². The van der Waals surface area contributed by atoms with E-state index < -0.39 is 5.60 Å². The minimum atomic E-state index is -0.683. The molecular weight excluding hydrogens is 194 g/mol. The van der Waals surface area contributed by atoms with Gasteiger partial charge in [-0.2, -0.15) is 0 Å². The number of amides is 1. The molecule has 0 saturated carbocycles. The second-order valence-electron chi connectivity index (χ2n) is 4.15. The number of rotatable bonds is 2. The van der Waals surface area contributed by atoms with E-state index in [1.54, 1.807) is 24.0 Å². The molecule has 82 valence electrons. The van der Waals surface area contributed by atoms with E-state index in [-0.39, 0.29) is 5.91 Å². The third kappa shape index (κ3) is 1.77. The predicted octanol–water partition coefficient (Wildman–Crippen LogP) is 1.18. The molecule has 1 N–H and O–H groups in total. The van der Waals surface area contributed by atoms with Crippen molar-refractivity contribution in [1.29, 1.82) is 0 Å². The van der Waals surface area contributed by atoms with Gasteiger partial charge in [0.15, 0.2) is 5.76 Å². The summed E-state index contributed by atoms with van der Waals surface area (Å²) in [5.74, 6) is 0.941. The molecule has 4 nitrogen and oxygen atoms in total. The summed E-state index contributed by atoms with van der Waals surface area (Å²) in [4.78, 5) is 13.4. The fourth-order valence-corrected chi connectivity index (χ4v) is 1.74. The second-order valence-corrected chi connectivity index (χ2v) is 4.15. The van der Waals surface area contributed by atoms with Gasteiger partial charge >= 0.3 is 0 Å². The highest BCUT2D eigenvalue weighted by Crippen LogP contribution is 2.26. The average Bonchev–Trinajstić information content (AvgIpc) is 2.59. The molecule has 15 heavy (non-hydrogen) atoms. The van der Waals surface area contributed by atoms with Gasteiger partial charge in [-0.25, -0.2) is 0 Å². The van der Waals surface area contributed by atoms with Gasteiger partial charge in [0.2, 0.25) is 0 Å². The summed E-state index contributed by atoms with van der Waals surface area (Å²) < 4.78 is 5.23. The van der Waals surface area contributed by atoms with Crippen LogP contribution in [-0.2, 0) is 0 Å². The summed E-state index contributed by atoms with van der Waals surface area (Å²) in [6.45, 7) is 4.53. The molecule has 1 fully saturated rings. The Morgan fingerprint density at radius 3 is 2.73 bits per heavy atom. The largest absolute Gasteiger partial charge is 0.456 e. The fraction of sp³-hybridized carbons (Fsp3) is 0.545. The van der Waals surface area contributed by atoms with E-state index >= 15 is 0 Å². The normalized spacial score (nSPS) is 18.7. The van der Waals surface area contributed by atoms with Gasteiger partial charge in [-0.05, 0) is 25.5 Å². The van der Waals surface area contributed by atoms with Crippen LogP contribution < -0.4 is 0 Å². The highest BCUT2D eigenvalue weighted by molar-refractivity contribution is 5.92. The van der Waals surface area contributed by atoms with Crippen LogP contribution in [0.1, 0.15) is 29.7 Å². The van der Waals surface area contributed by atoms with Crippen molar-refractivity contribution in [3.63, 3.8) is 0 Å². The lowest BCUT2D eigenvalue weighted by Crippen LogP contribution is -2.63. The summed E-state index contributed by atoms with van der Waals surface area (Å²) in [5, 5.41) is 9.77. The fourth-order valence-electron chi connectivity index (χ4n) is 1.74. The van der Waals surface area contributed by atoms with Crippen molar-refractivity contribution in [2.75, 3.05) is 13.1 Å². The number of carbonyl (C=O) groups is 1. The zero-order chi connectivity index (χ0) is 11.1. The number of hydrogen-bond donors (Lipinski definition) is 1. The zero-order valence-corrected chi connectivity index (χ0v) is 8.99. The molecule has 4 heteroatoms. The monoisotopic (exact) mass is 209 g/mol. The summed E-state index contributed by atoms with van der Waals surface area (Å²) in [7, 11) is 0. The van der Waals surface area contributed by atoms with Crippen LogP contribution in [0.15, 0.2) is 16.5 Å². The zero-order valence-electron chi connectivity index (χ0n) is 8.99. The van der Waals surface area contributed by atoms with E-state index in [0.717, 1.165) is 5.76 Å². The predicted molar refractivity (Wildman–Crippen MR) is 54.6 cm³/mol. The second kappa shape index (κ2) is 3.38.